The second kappa shape index (κ2) is 7.25. The van der Waals surface area contributed by atoms with E-state index in [1.165, 1.54) is 35.2 Å². The first-order valence-electron chi connectivity index (χ1n) is 6.96. The first kappa shape index (κ1) is 16.8. The molecular weight excluding hydrogens is 360 g/mol. The lowest BCUT2D eigenvalue weighted by molar-refractivity contribution is -0.385. The van der Waals surface area contributed by atoms with E-state index < -0.39 is 4.92 Å². The number of nitrogens with one attached hydrogen (secondary N) is 1. The van der Waals surface area contributed by atoms with Gasteiger partial charge in [0.2, 0.25) is 10.8 Å². The van der Waals surface area contributed by atoms with Gasteiger partial charge in [-0.2, -0.15) is 5.26 Å². The topological polar surface area (TPSA) is 118 Å². The summed E-state index contributed by atoms with van der Waals surface area (Å²) in [7, 11) is 0. The van der Waals surface area contributed by atoms with Crippen LogP contribution in [0, 0.1) is 28.4 Å². The number of hydrogen-bond donors (Lipinski definition) is 1. The van der Waals surface area contributed by atoms with E-state index in [-0.39, 0.29) is 11.4 Å². The van der Waals surface area contributed by atoms with Gasteiger partial charge in [0.25, 0.3) is 0 Å². The first-order chi connectivity index (χ1) is 12.0. The van der Waals surface area contributed by atoms with E-state index in [1.54, 1.807) is 6.07 Å². The molecule has 124 valence electrons. The molecule has 3 aromatic rings. The van der Waals surface area contributed by atoms with Crippen LogP contribution in [0.3, 0.4) is 0 Å². The largest absolute Gasteiger partial charge is 0.330 e. The summed E-state index contributed by atoms with van der Waals surface area (Å²) >= 11 is 2.52. The SMILES string of the molecule is Cc1cccc(Nc2nnc(Sc3ccc([N+](=O)[O-])c(C#N)n3)s2)c1. The molecular formula is C15H10N6O2S2. The number of rotatable bonds is 5. The van der Waals surface area contributed by atoms with E-state index in [9.17, 15) is 10.1 Å². The van der Waals surface area contributed by atoms with Crippen molar-refractivity contribution in [2.24, 2.45) is 0 Å². The Kier molecular flexibility index (Phi) is 4.87. The van der Waals surface area contributed by atoms with Gasteiger partial charge in [0.15, 0.2) is 4.34 Å². The van der Waals surface area contributed by atoms with E-state index in [0.717, 1.165) is 11.3 Å². The molecule has 0 saturated heterocycles. The molecule has 0 unspecified atom stereocenters. The van der Waals surface area contributed by atoms with Crippen molar-refractivity contribution >= 4 is 39.6 Å². The Hall–Kier alpha value is -3.03. The first-order valence-corrected chi connectivity index (χ1v) is 8.59. The Balaban J connectivity index is 1.75. The number of nitriles is 1. The zero-order valence-corrected chi connectivity index (χ0v) is 14.5. The van der Waals surface area contributed by atoms with E-state index in [0.29, 0.717) is 14.5 Å². The summed E-state index contributed by atoms with van der Waals surface area (Å²) in [6.07, 6.45) is 0. The predicted octanol–water partition coefficient (Wildman–Crippen LogP) is 3.92. The van der Waals surface area contributed by atoms with Crippen molar-refractivity contribution in [1.82, 2.24) is 15.2 Å². The highest BCUT2D eigenvalue weighted by Crippen LogP contribution is 2.33. The van der Waals surface area contributed by atoms with Crippen molar-refractivity contribution in [3.8, 4) is 6.07 Å². The van der Waals surface area contributed by atoms with Crippen LogP contribution in [-0.4, -0.2) is 20.1 Å². The molecule has 2 heterocycles. The number of hydrogen-bond acceptors (Lipinski definition) is 9. The maximum Gasteiger partial charge on any atom is 0.305 e. The summed E-state index contributed by atoms with van der Waals surface area (Å²) < 4.78 is 0.611. The summed E-state index contributed by atoms with van der Waals surface area (Å²) in [5.41, 5.74) is 1.50. The third kappa shape index (κ3) is 4.09. The van der Waals surface area contributed by atoms with E-state index in [1.807, 2.05) is 31.2 Å². The summed E-state index contributed by atoms with van der Waals surface area (Å²) in [4.78, 5) is 14.2. The highest BCUT2D eigenvalue weighted by molar-refractivity contribution is 8.01. The van der Waals surface area contributed by atoms with Gasteiger partial charge < -0.3 is 5.32 Å². The van der Waals surface area contributed by atoms with E-state index in [4.69, 9.17) is 5.26 Å². The van der Waals surface area contributed by atoms with Crippen LogP contribution in [0.15, 0.2) is 45.8 Å². The Morgan fingerprint density at radius 1 is 1.32 bits per heavy atom. The second-order valence-electron chi connectivity index (χ2n) is 4.86. The highest BCUT2D eigenvalue weighted by Gasteiger charge is 2.17. The molecule has 8 nitrogen and oxygen atoms in total. The van der Waals surface area contributed by atoms with Crippen molar-refractivity contribution in [3.05, 3.63) is 57.8 Å². The molecule has 2 aromatic heterocycles. The summed E-state index contributed by atoms with van der Waals surface area (Å²) in [6.45, 7) is 2.00. The molecule has 1 N–H and O–H groups in total. The molecule has 25 heavy (non-hydrogen) atoms. The maximum atomic E-state index is 10.8. The van der Waals surface area contributed by atoms with Crippen molar-refractivity contribution in [3.63, 3.8) is 0 Å². The van der Waals surface area contributed by atoms with Gasteiger partial charge >= 0.3 is 5.69 Å². The standard InChI is InChI=1S/C15H10N6O2S2/c1-9-3-2-4-10(7-9)17-14-19-20-15(25-14)24-13-6-5-12(21(22)23)11(8-16)18-13/h2-7H,1H3,(H,17,19). The number of anilines is 2. The summed E-state index contributed by atoms with van der Waals surface area (Å²) in [5.74, 6) is 0. The fraction of sp³-hybridized carbons (Fsp3) is 0.0667. The lowest BCUT2D eigenvalue weighted by Crippen LogP contribution is -1.95. The minimum atomic E-state index is -0.630. The van der Waals surface area contributed by atoms with Gasteiger partial charge in [0.1, 0.15) is 11.1 Å². The van der Waals surface area contributed by atoms with Gasteiger partial charge in [-0.3, -0.25) is 10.1 Å². The lowest BCUT2D eigenvalue weighted by Gasteiger charge is -2.01. The number of benzene rings is 1. The normalized spacial score (nSPS) is 10.2. The third-order valence-electron chi connectivity index (χ3n) is 3.02. The molecule has 0 radical (unpaired) electrons. The summed E-state index contributed by atoms with van der Waals surface area (Å²) in [5, 5.41) is 32.2. The van der Waals surface area contributed by atoms with Crippen LogP contribution in [-0.2, 0) is 0 Å². The second-order valence-corrected chi connectivity index (χ2v) is 7.10. The van der Waals surface area contributed by atoms with E-state index in [2.05, 4.69) is 20.5 Å². The molecule has 0 amide bonds. The molecule has 0 atom stereocenters. The van der Waals surface area contributed by atoms with Crippen LogP contribution in [0.2, 0.25) is 0 Å². The fourth-order valence-corrected chi connectivity index (χ4v) is 3.65. The van der Waals surface area contributed by atoms with Crippen LogP contribution >= 0.6 is 23.1 Å². The third-order valence-corrected chi connectivity index (χ3v) is 4.84. The molecule has 0 saturated carbocycles. The zero-order valence-electron chi connectivity index (χ0n) is 12.8. The van der Waals surface area contributed by atoms with Crippen molar-refractivity contribution in [2.45, 2.75) is 16.3 Å². The molecule has 0 aliphatic heterocycles. The molecule has 0 aliphatic rings. The number of nitrogens with zero attached hydrogens (tertiary/aromatic N) is 5. The number of aromatic nitrogens is 3. The van der Waals surface area contributed by atoms with Crippen LogP contribution in [0.5, 0.6) is 0 Å². The molecule has 0 aliphatic carbocycles. The Bertz CT molecular complexity index is 982. The van der Waals surface area contributed by atoms with Crippen LogP contribution in [0.4, 0.5) is 16.5 Å². The van der Waals surface area contributed by atoms with Gasteiger partial charge in [0, 0.05) is 11.8 Å². The van der Waals surface area contributed by atoms with Gasteiger partial charge in [-0.05, 0) is 42.4 Å². The Morgan fingerprint density at radius 2 is 2.16 bits per heavy atom. The average molecular weight is 370 g/mol. The van der Waals surface area contributed by atoms with Gasteiger partial charge in [-0.15, -0.1) is 10.2 Å². The molecule has 1 aromatic carbocycles. The molecule has 0 spiro atoms. The van der Waals surface area contributed by atoms with Gasteiger partial charge in [-0.1, -0.05) is 23.5 Å². The number of nitro groups is 1. The Labute approximate surface area is 150 Å². The monoisotopic (exact) mass is 370 g/mol. The minimum Gasteiger partial charge on any atom is -0.330 e. The van der Waals surface area contributed by atoms with Crippen LogP contribution < -0.4 is 5.32 Å². The highest BCUT2D eigenvalue weighted by atomic mass is 32.2. The quantitative estimate of drug-likeness (QED) is 0.530. The lowest BCUT2D eigenvalue weighted by atomic mass is 10.2. The van der Waals surface area contributed by atoms with Crippen LogP contribution in [0.25, 0.3) is 0 Å². The van der Waals surface area contributed by atoms with Gasteiger partial charge in [-0.25, -0.2) is 4.98 Å². The smallest absolute Gasteiger partial charge is 0.305 e. The Morgan fingerprint density at radius 3 is 2.88 bits per heavy atom. The van der Waals surface area contributed by atoms with E-state index >= 15 is 0 Å². The van der Waals surface area contributed by atoms with Crippen LogP contribution in [0.1, 0.15) is 11.3 Å². The average Bonchev–Trinajstić information content (AvgIpc) is 3.01. The molecule has 0 fully saturated rings. The fourth-order valence-electron chi connectivity index (χ4n) is 1.96. The molecule has 3 rings (SSSR count). The molecule has 10 heteroatoms. The number of aryl methyl sites for hydroxylation is 1. The van der Waals surface area contributed by atoms with Crippen molar-refractivity contribution < 1.29 is 4.92 Å². The van der Waals surface area contributed by atoms with Gasteiger partial charge in [0.05, 0.1) is 4.92 Å². The predicted molar refractivity (Wildman–Crippen MR) is 94.1 cm³/mol. The molecule has 0 bridgehead atoms. The zero-order chi connectivity index (χ0) is 17.8. The maximum absolute atomic E-state index is 10.8. The van der Waals surface area contributed by atoms with Crippen molar-refractivity contribution in [2.75, 3.05) is 5.32 Å². The summed E-state index contributed by atoms with van der Waals surface area (Å²) in [6, 6.07) is 12.3. The minimum absolute atomic E-state index is 0.224. The number of pyridine rings is 1. The van der Waals surface area contributed by atoms with Crippen molar-refractivity contribution in [1.29, 1.82) is 5.26 Å².